The highest BCUT2D eigenvalue weighted by molar-refractivity contribution is 5.97. The van der Waals surface area contributed by atoms with Crippen molar-refractivity contribution >= 4 is 27.7 Å². The zero-order chi connectivity index (χ0) is 16.7. The van der Waals surface area contributed by atoms with Gasteiger partial charge < -0.3 is 10.7 Å². The van der Waals surface area contributed by atoms with Gasteiger partial charge in [-0.2, -0.15) is 5.10 Å². The van der Waals surface area contributed by atoms with Gasteiger partial charge in [0.15, 0.2) is 0 Å². The molecule has 3 N–H and O–H groups in total. The average Bonchev–Trinajstić information content (AvgIpc) is 3.15. The number of rotatable bonds is 4. The molecule has 0 bridgehead atoms. The Balaban J connectivity index is 1.81. The van der Waals surface area contributed by atoms with Crippen LogP contribution in [-0.4, -0.2) is 20.7 Å². The molecule has 4 rings (SSSR count). The second kappa shape index (κ2) is 5.49. The lowest BCUT2D eigenvalue weighted by Gasteiger charge is -2.04. The summed E-state index contributed by atoms with van der Waals surface area (Å²) in [7, 11) is 0. The van der Waals surface area contributed by atoms with Crippen LogP contribution in [0.1, 0.15) is 6.42 Å². The Labute approximate surface area is 136 Å². The third-order valence-corrected chi connectivity index (χ3v) is 4.17. The van der Waals surface area contributed by atoms with Gasteiger partial charge in [-0.3, -0.25) is 9.48 Å². The zero-order valence-corrected chi connectivity index (χ0v) is 12.8. The van der Waals surface area contributed by atoms with E-state index in [-0.39, 0.29) is 18.1 Å². The van der Waals surface area contributed by atoms with E-state index in [1.54, 1.807) is 16.9 Å². The Hall–Kier alpha value is -3.15. The number of hydrogen-bond donors (Lipinski definition) is 2. The minimum absolute atomic E-state index is 0.243. The lowest BCUT2D eigenvalue weighted by Crippen LogP contribution is -2.14. The minimum atomic E-state index is -0.353. The number of halogens is 1. The molecule has 0 aliphatic heterocycles. The van der Waals surface area contributed by atoms with Crippen LogP contribution in [0, 0.1) is 5.82 Å². The van der Waals surface area contributed by atoms with Crippen molar-refractivity contribution in [1.29, 1.82) is 0 Å². The van der Waals surface area contributed by atoms with Gasteiger partial charge in [0.25, 0.3) is 0 Å². The molecule has 0 atom stereocenters. The summed E-state index contributed by atoms with van der Waals surface area (Å²) >= 11 is 0. The maximum Gasteiger partial charge on any atom is 0.219 e. The molecule has 2 aromatic heterocycles. The second-order valence-corrected chi connectivity index (χ2v) is 5.75. The zero-order valence-electron chi connectivity index (χ0n) is 12.8. The van der Waals surface area contributed by atoms with E-state index < -0.39 is 0 Å². The van der Waals surface area contributed by atoms with Gasteiger partial charge in [-0.25, -0.2) is 4.39 Å². The van der Waals surface area contributed by atoms with Crippen LogP contribution >= 0.6 is 0 Å². The van der Waals surface area contributed by atoms with Crippen LogP contribution in [0.25, 0.3) is 32.9 Å². The number of aromatic amines is 1. The fourth-order valence-corrected chi connectivity index (χ4v) is 2.97. The second-order valence-electron chi connectivity index (χ2n) is 5.75. The standard InChI is InChI=1S/C18H15FN4O/c19-13-3-4-14-15(10-21-16(14)8-13)11-1-2-12-9-22-23(17(12)7-11)6-5-18(20)24/h1-4,7-10,21H,5-6H2,(H2,20,24). The van der Waals surface area contributed by atoms with Gasteiger partial charge in [0.05, 0.1) is 18.3 Å². The molecule has 120 valence electrons. The predicted molar refractivity (Wildman–Crippen MR) is 90.8 cm³/mol. The smallest absolute Gasteiger partial charge is 0.219 e. The lowest BCUT2D eigenvalue weighted by molar-refractivity contribution is -0.118. The number of nitrogens with one attached hydrogen (secondary N) is 1. The first-order chi connectivity index (χ1) is 11.6. The largest absolute Gasteiger partial charge is 0.370 e. The normalized spacial score (nSPS) is 11.4. The molecule has 0 saturated carbocycles. The highest BCUT2D eigenvalue weighted by Crippen LogP contribution is 2.31. The molecule has 1 amide bonds. The summed E-state index contributed by atoms with van der Waals surface area (Å²) in [6, 6.07) is 10.7. The number of aryl methyl sites for hydroxylation is 1. The molecular weight excluding hydrogens is 307 g/mol. The molecule has 0 spiro atoms. The van der Waals surface area contributed by atoms with E-state index in [1.165, 1.54) is 12.1 Å². The van der Waals surface area contributed by atoms with Crippen LogP contribution < -0.4 is 5.73 Å². The van der Waals surface area contributed by atoms with E-state index in [1.807, 2.05) is 24.4 Å². The highest BCUT2D eigenvalue weighted by atomic mass is 19.1. The van der Waals surface area contributed by atoms with Crippen molar-refractivity contribution in [2.75, 3.05) is 0 Å². The topological polar surface area (TPSA) is 76.7 Å². The van der Waals surface area contributed by atoms with Crippen LogP contribution in [0.5, 0.6) is 0 Å². The fourth-order valence-electron chi connectivity index (χ4n) is 2.97. The quantitative estimate of drug-likeness (QED) is 0.605. The average molecular weight is 322 g/mol. The molecule has 24 heavy (non-hydrogen) atoms. The molecule has 0 saturated heterocycles. The molecule has 0 aliphatic carbocycles. The van der Waals surface area contributed by atoms with Crippen LogP contribution in [-0.2, 0) is 11.3 Å². The van der Waals surface area contributed by atoms with Crippen LogP contribution in [0.15, 0.2) is 48.8 Å². The Morgan fingerprint density at radius 1 is 1.25 bits per heavy atom. The fraction of sp³-hybridized carbons (Fsp3) is 0.111. The first kappa shape index (κ1) is 14.4. The number of fused-ring (bicyclic) bond motifs is 2. The Kier molecular flexibility index (Phi) is 3.30. The Morgan fingerprint density at radius 2 is 2.12 bits per heavy atom. The number of aromatic nitrogens is 3. The third kappa shape index (κ3) is 2.42. The maximum atomic E-state index is 13.3. The number of hydrogen-bond acceptors (Lipinski definition) is 2. The van der Waals surface area contributed by atoms with Crippen LogP contribution in [0.4, 0.5) is 4.39 Å². The van der Waals surface area contributed by atoms with Gasteiger partial charge >= 0.3 is 0 Å². The van der Waals surface area contributed by atoms with Gasteiger partial charge in [-0.05, 0) is 29.8 Å². The molecule has 0 unspecified atom stereocenters. The number of nitrogens with zero attached hydrogens (tertiary/aromatic N) is 2. The van der Waals surface area contributed by atoms with Gasteiger partial charge in [-0.15, -0.1) is 0 Å². The third-order valence-electron chi connectivity index (χ3n) is 4.17. The van der Waals surface area contributed by atoms with E-state index in [9.17, 15) is 9.18 Å². The molecule has 5 nitrogen and oxygen atoms in total. The summed E-state index contributed by atoms with van der Waals surface area (Å²) in [6.07, 6.45) is 3.88. The predicted octanol–water partition coefficient (Wildman–Crippen LogP) is 3.20. The van der Waals surface area contributed by atoms with Crippen molar-refractivity contribution in [2.24, 2.45) is 5.73 Å². The SMILES string of the molecule is NC(=O)CCn1ncc2ccc(-c3c[nH]c4cc(F)ccc34)cc21. The van der Waals surface area contributed by atoms with Gasteiger partial charge in [-0.1, -0.05) is 12.1 Å². The molecular formula is C18H15FN4O. The molecule has 2 aromatic carbocycles. The molecule has 2 heterocycles. The van der Waals surface area contributed by atoms with Crippen molar-refractivity contribution in [2.45, 2.75) is 13.0 Å². The van der Waals surface area contributed by atoms with E-state index in [2.05, 4.69) is 10.1 Å². The van der Waals surface area contributed by atoms with Crippen LogP contribution in [0.3, 0.4) is 0 Å². The summed E-state index contributed by atoms with van der Waals surface area (Å²) in [5.74, 6) is -0.621. The summed E-state index contributed by atoms with van der Waals surface area (Å²) in [5, 5.41) is 6.27. The van der Waals surface area contributed by atoms with Crippen LogP contribution in [0.2, 0.25) is 0 Å². The molecule has 0 aliphatic rings. The Bertz CT molecular complexity index is 1060. The van der Waals surface area contributed by atoms with Gasteiger partial charge in [0.2, 0.25) is 5.91 Å². The summed E-state index contributed by atoms with van der Waals surface area (Å²) in [6.45, 7) is 0.446. The number of H-pyrrole nitrogens is 1. The number of benzene rings is 2. The minimum Gasteiger partial charge on any atom is -0.370 e. The summed E-state index contributed by atoms with van der Waals surface area (Å²) < 4.78 is 15.1. The van der Waals surface area contributed by atoms with E-state index in [0.29, 0.717) is 6.54 Å². The van der Waals surface area contributed by atoms with Crippen molar-refractivity contribution in [3.63, 3.8) is 0 Å². The molecule has 4 aromatic rings. The van der Waals surface area contributed by atoms with E-state index in [4.69, 9.17) is 5.73 Å². The summed E-state index contributed by atoms with van der Waals surface area (Å²) in [5.41, 5.74) is 8.91. The van der Waals surface area contributed by atoms with E-state index >= 15 is 0 Å². The molecule has 0 fully saturated rings. The molecule has 0 radical (unpaired) electrons. The monoisotopic (exact) mass is 322 g/mol. The number of carbonyl (C=O) groups excluding carboxylic acids is 1. The van der Waals surface area contributed by atoms with Crippen molar-refractivity contribution in [1.82, 2.24) is 14.8 Å². The van der Waals surface area contributed by atoms with Crippen molar-refractivity contribution in [3.8, 4) is 11.1 Å². The number of nitrogens with two attached hydrogens (primary N) is 1. The van der Waals surface area contributed by atoms with Crippen molar-refractivity contribution < 1.29 is 9.18 Å². The summed E-state index contributed by atoms with van der Waals surface area (Å²) in [4.78, 5) is 14.1. The highest BCUT2D eigenvalue weighted by Gasteiger charge is 2.10. The maximum absolute atomic E-state index is 13.3. The number of carbonyl (C=O) groups is 1. The first-order valence-corrected chi connectivity index (χ1v) is 7.63. The van der Waals surface area contributed by atoms with Gasteiger partial charge in [0.1, 0.15) is 5.82 Å². The van der Waals surface area contributed by atoms with Gasteiger partial charge in [0, 0.05) is 34.5 Å². The Morgan fingerprint density at radius 3 is 2.96 bits per heavy atom. The first-order valence-electron chi connectivity index (χ1n) is 7.63. The number of primary amides is 1. The van der Waals surface area contributed by atoms with Crippen molar-refractivity contribution in [3.05, 3.63) is 54.6 Å². The number of amides is 1. The molecule has 6 heteroatoms. The lowest BCUT2D eigenvalue weighted by atomic mass is 10.0. The van der Waals surface area contributed by atoms with E-state index in [0.717, 1.165) is 32.9 Å².